The van der Waals surface area contributed by atoms with Gasteiger partial charge in [0, 0.05) is 17.7 Å². The van der Waals surface area contributed by atoms with Gasteiger partial charge in [0.05, 0.1) is 4.92 Å². The minimum Gasteiger partial charge on any atom is -0.368 e. The van der Waals surface area contributed by atoms with Gasteiger partial charge < -0.3 is 11.1 Å². The van der Waals surface area contributed by atoms with Gasteiger partial charge in [0.15, 0.2) is 0 Å². The van der Waals surface area contributed by atoms with E-state index in [1.165, 1.54) is 18.2 Å². The van der Waals surface area contributed by atoms with Gasteiger partial charge in [-0.3, -0.25) is 19.7 Å². The van der Waals surface area contributed by atoms with Crippen LogP contribution in [0.5, 0.6) is 0 Å². The number of amides is 2. The van der Waals surface area contributed by atoms with Gasteiger partial charge in [0.25, 0.3) is 11.6 Å². The molecule has 0 saturated carbocycles. The highest BCUT2D eigenvalue weighted by Gasteiger charge is 2.19. The molecule has 20 heavy (non-hydrogen) atoms. The smallest absolute Gasteiger partial charge is 0.270 e. The molecule has 0 fully saturated rings. The van der Waals surface area contributed by atoms with Gasteiger partial charge in [0.2, 0.25) is 5.91 Å². The molecule has 0 aliphatic rings. The molecule has 0 heterocycles. The van der Waals surface area contributed by atoms with Gasteiger partial charge in [-0.1, -0.05) is 12.1 Å². The average Bonchev–Trinajstić information content (AvgIpc) is 2.42. The summed E-state index contributed by atoms with van der Waals surface area (Å²) in [5.74, 6) is -1.24. The second-order valence-corrected chi connectivity index (χ2v) is 4.10. The Morgan fingerprint density at radius 1 is 1.50 bits per heavy atom. The fourth-order valence-electron chi connectivity index (χ4n) is 1.57. The van der Waals surface area contributed by atoms with Crippen LogP contribution in [0, 0.1) is 10.1 Å². The highest BCUT2D eigenvalue weighted by molar-refractivity contribution is 5.97. The molecule has 3 N–H and O–H groups in total. The standard InChI is InChI=1S/C13H15N3O4/c1-2-3-7-11(12(14)17)15-13(18)9-5-4-6-10(8-9)16(19)20/h2,4-6,8,11H,1,3,7H2,(H2,14,17)(H,15,18)/t11-/m0/s1. The Hall–Kier alpha value is -2.70. The molecule has 0 aliphatic heterocycles. The predicted molar refractivity (Wildman–Crippen MR) is 73.0 cm³/mol. The van der Waals surface area contributed by atoms with E-state index < -0.39 is 22.8 Å². The molecule has 0 aromatic heterocycles. The van der Waals surface area contributed by atoms with Crippen LogP contribution in [0.25, 0.3) is 0 Å². The predicted octanol–water partition coefficient (Wildman–Crippen LogP) is 1.14. The Morgan fingerprint density at radius 3 is 2.75 bits per heavy atom. The van der Waals surface area contributed by atoms with Crippen LogP contribution in [0.15, 0.2) is 36.9 Å². The van der Waals surface area contributed by atoms with Gasteiger partial charge >= 0.3 is 0 Å². The average molecular weight is 277 g/mol. The molecule has 0 radical (unpaired) electrons. The number of rotatable bonds is 7. The number of carbonyl (C=O) groups excluding carboxylic acids is 2. The van der Waals surface area contributed by atoms with E-state index in [2.05, 4.69) is 11.9 Å². The SMILES string of the molecule is C=CCC[C@H](NC(=O)c1cccc([N+](=O)[O-])c1)C(N)=O. The number of nitrogens with zero attached hydrogens (tertiary/aromatic N) is 1. The van der Waals surface area contributed by atoms with E-state index in [4.69, 9.17) is 5.73 Å². The summed E-state index contributed by atoms with van der Waals surface area (Å²) < 4.78 is 0. The van der Waals surface area contributed by atoms with Crippen LogP contribution in [0.1, 0.15) is 23.2 Å². The summed E-state index contributed by atoms with van der Waals surface area (Å²) in [6.07, 6.45) is 2.46. The van der Waals surface area contributed by atoms with Gasteiger partial charge in [0.1, 0.15) is 6.04 Å². The molecule has 2 amide bonds. The van der Waals surface area contributed by atoms with Crippen molar-refractivity contribution in [1.82, 2.24) is 5.32 Å². The van der Waals surface area contributed by atoms with Crippen molar-refractivity contribution in [3.05, 3.63) is 52.6 Å². The molecule has 0 spiro atoms. The molecular formula is C13H15N3O4. The third-order valence-corrected chi connectivity index (χ3v) is 2.63. The van der Waals surface area contributed by atoms with Crippen LogP contribution in [0.3, 0.4) is 0 Å². The molecule has 0 unspecified atom stereocenters. The topological polar surface area (TPSA) is 115 Å². The molecule has 1 rings (SSSR count). The van der Waals surface area contributed by atoms with E-state index in [0.717, 1.165) is 6.07 Å². The lowest BCUT2D eigenvalue weighted by Gasteiger charge is -2.14. The molecule has 0 saturated heterocycles. The Kier molecular flexibility index (Phi) is 5.40. The first-order chi connectivity index (χ1) is 9.45. The lowest BCUT2D eigenvalue weighted by molar-refractivity contribution is -0.384. The number of hydrogen-bond acceptors (Lipinski definition) is 4. The van der Waals surface area contributed by atoms with Crippen molar-refractivity contribution in [3.8, 4) is 0 Å². The lowest BCUT2D eigenvalue weighted by atomic mass is 10.1. The zero-order valence-electron chi connectivity index (χ0n) is 10.7. The molecule has 1 atom stereocenters. The Labute approximate surface area is 115 Å². The summed E-state index contributed by atoms with van der Waals surface area (Å²) >= 11 is 0. The van der Waals surface area contributed by atoms with Crippen molar-refractivity contribution in [1.29, 1.82) is 0 Å². The monoisotopic (exact) mass is 277 g/mol. The molecule has 1 aromatic rings. The highest BCUT2D eigenvalue weighted by atomic mass is 16.6. The van der Waals surface area contributed by atoms with Gasteiger partial charge in [-0.05, 0) is 18.9 Å². The molecule has 7 nitrogen and oxygen atoms in total. The summed E-state index contributed by atoms with van der Waals surface area (Å²) in [5.41, 5.74) is 5.09. The largest absolute Gasteiger partial charge is 0.368 e. The number of nitrogens with two attached hydrogens (primary N) is 1. The van der Waals surface area contributed by atoms with Crippen molar-refractivity contribution in [2.45, 2.75) is 18.9 Å². The maximum Gasteiger partial charge on any atom is 0.270 e. The number of nitrogens with one attached hydrogen (secondary N) is 1. The second kappa shape index (κ2) is 7.03. The van der Waals surface area contributed by atoms with Crippen LogP contribution >= 0.6 is 0 Å². The molecule has 1 aromatic carbocycles. The number of nitro benzene ring substituents is 1. The van der Waals surface area contributed by atoms with E-state index in [1.54, 1.807) is 6.08 Å². The van der Waals surface area contributed by atoms with Crippen LogP contribution in [0.2, 0.25) is 0 Å². The quantitative estimate of drug-likeness (QED) is 0.441. The van der Waals surface area contributed by atoms with E-state index in [9.17, 15) is 19.7 Å². The molecule has 0 bridgehead atoms. The van der Waals surface area contributed by atoms with Crippen molar-refractivity contribution < 1.29 is 14.5 Å². The Morgan fingerprint density at radius 2 is 2.20 bits per heavy atom. The minimum absolute atomic E-state index is 0.101. The molecular weight excluding hydrogens is 262 g/mol. The molecule has 7 heteroatoms. The van der Waals surface area contributed by atoms with E-state index in [-0.39, 0.29) is 11.3 Å². The first kappa shape index (κ1) is 15.4. The van der Waals surface area contributed by atoms with E-state index >= 15 is 0 Å². The number of primary amides is 1. The fraction of sp³-hybridized carbons (Fsp3) is 0.231. The van der Waals surface area contributed by atoms with Gasteiger partial charge in [-0.15, -0.1) is 6.58 Å². The lowest BCUT2D eigenvalue weighted by Crippen LogP contribution is -2.44. The van der Waals surface area contributed by atoms with E-state index in [1.807, 2.05) is 0 Å². The first-order valence-electron chi connectivity index (χ1n) is 5.91. The number of carbonyl (C=O) groups is 2. The first-order valence-corrected chi connectivity index (χ1v) is 5.91. The highest BCUT2D eigenvalue weighted by Crippen LogP contribution is 2.13. The van der Waals surface area contributed by atoms with Crippen molar-refractivity contribution in [2.24, 2.45) is 5.73 Å². The number of non-ortho nitro benzene ring substituents is 1. The number of hydrogen-bond donors (Lipinski definition) is 2. The Bertz CT molecular complexity index is 542. The van der Waals surface area contributed by atoms with Crippen LogP contribution in [-0.2, 0) is 4.79 Å². The summed E-state index contributed by atoms with van der Waals surface area (Å²) in [5, 5.41) is 13.1. The number of benzene rings is 1. The van der Waals surface area contributed by atoms with Crippen LogP contribution in [0.4, 0.5) is 5.69 Å². The summed E-state index contributed by atoms with van der Waals surface area (Å²) in [4.78, 5) is 33.2. The summed E-state index contributed by atoms with van der Waals surface area (Å²) in [7, 11) is 0. The number of allylic oxidation sites excluding steroid dienone is 1. The maximum atomic E-state index is 11.9. The molecule has 0 aliphatic carbocycles. The van der Waals surface area contributed by atoms with Crippen molar-refractivity contribution in [3.63, 3.8) is 0 Å². The van der Waals surface area contributed by atoms with Gasteiger partial charge in [-0.25, -0.2) is 0 Å². The minimum atomic E-state index is -0.834. The molecule has 106 valence electrons. The summed E-state index contributed by atoms with van der Waals surface area (Å²) in [6.45, 7) is 3.52. The van der Waals surface area contributed by atoms with Crippen LogP contribution < -0.4 is 11.1 Å². The van der Waals surface area contributed by atoms with E-state index in [0.29, 0.717) is 12.8 Å². The third kappa shape index (κ3) is 4.20. The van der Waals surface area contributed by atoms with Crippen LogP contribution in [-0.4, -0.2) is 22.8 Å². The second-order valence-electron chi connectivity index (χ2n) is 4.10. The maximum absolute atomic E-state index is 11.9. The zero-order chi connectivity index (χ0) is 15.1. The Balaban J connectivity index is 2.83. The van der Waals surface area contributed by atoms with Crippen molar-refractivity contribution in [2.75, 3.05) is 0 Å². The van der Waals surface area contributed by atoms with Crippen molar-refractivity contribution >= 4 is 17.5 Å². The number of nitro groups is 1. The summed E-state index contributed by atoms with van der Waals surface area (Å²) in [6, 6.07) is 4.41. The zero-order valence-corrected chi connectivity index (χ0v) is 10.7. The third-order valence-electron chi connectivity index (χ3n) is 2.63. The van der Waals surface area contributed by atoms with Gasteiger partial charge in [-0.2, -0.15) is 0 Å². The normalized spacial score (nSPS) is 11.4. The fourth-order valence-corrected chi connectivity index (χ4v) is 1.57.